The molecule has 8 heteroatoms. The van der Waals surface area contributed by atoms with Crippen LogP contribution < -0.4 is 4.74 Å². The summed E-state index contributed by atoms with van der Waals surface area (Å²) in [5, 5.41) is 10.6. The fraction of sp³-hybridized carbons (Fsp3) is 0.150. The molecule has 1 amide bonds. The Hall–Kier alpha value is -2.77. The van der Waals surface area contributed by atoms with E-state index in [9.17, 15) is 9.90 Å². The Kier molecular flexibility index (Phi) is 6.38. The third-order valence-electron chi connectivity index (χ3n) is 3.74. The predicted octanol–water partition coefficient (Wildman–Crippen LogP) is 4.63. The maximum absolute atomic E-state index is 12.8. The fourth-order valence-corrected chi connectivity index (χ4v) is 3.65. The van der Waals surface area contributed by atoms with Crippen molar-refractivity contribution in [2.75, 3.05) is 13.2 Å². The third-order valence-corrected chi connectivity index (χ3v) is 5.03. The van der Waals surface area contributed by atoms with Crippen molar-refractivity contribution in [3.05, 3.63) is 64.8 Å². The molecule has 1 fully saturated rings. The second-order valence-electron chi connectivity index (χ2n) is 5.68. The van der Waals surface area contributed by atoms with Gasteiger partial charge in [-0.25, -0.2) is 9.98 Å². The number of aromatic nitrogens is 1. The Morgan fingerprint density at radius 2 is 2.25 bits per heavy atom. The van der Waals surface area contributed by atoms with E-state index in [-0.39, 0.29) is 16.8 Å². The molecule has 1 aromatic carbocycles. The van der Waals surface area contributed by atoms with Crippen LogP contribution in [0.15, 0.2) is 59.1 Å². The van der Waals surface area contributed by atoms with Gasteiger partial charge in [0.1, 0.15) is 5.69 Å². The monoisotopic (exact) mass is 415 g/mol. The third kappa shape index (κ3) is 4.37. The number of aromatic hydroxyl groups is 1. The molecule has 0 radical (unpaired) electrons. The molecular weight excluding hydrogens is 398 g/mol. The molecule has 0 atom stereocenters. The molecule has 0 spiro atoms. The number of carbonyl (C=O) groups is 1. The van der Waals surface area contributed by atoms with Gasteiger partial charge < -0.3 is 9.84 Å². The molecular formula is C20H18ClN3O3S. The number of aliphatic imine (C=N–C) groups is 1. The number of ether oxygens (including phenoxy) is 1. The van der Waals surface area contributed by atoms with Crippen molar-refractivity contribution < 1.29 is 14.6 Å². The molecule has 28 heavy (non-hydrogen) atoms. The number of phenolic OH excluding ortho intramolecular Hbond substituents is 1. The van der Waals surface area contributed by atoms with Crippen molar-refractivity contribution in [2.24, 2.45) is 4.99 Å². The summed E-state index contributed by atoms with van der Waals surface area (Å²) in [5.41, 5.74) is 1.22. The van der Waals surface area contributed by atoms with Crippen LogP contribution in [0.1, 0.15) is 12.5 Å². The van der Waals surface area contributed by atoms with Crippen molar-refractivity contribution in [3.63, 3.8) is 0 Å². The van der Waals surface area contributed by atoms with Gasteiger partial charge in [-0.15, -0.1) is 6.58 Å². The molecule has 1 aliphatic rings. The first-order valence-corrected chi connectivity index (χ1v) is 9.70. The van der Waals surface area contributed by atoms with E-state index in [4.69, 9.17) is 16.3 Å². The van der Waals surface area contributed by atoms with Crippen LogP contribution in [-0.2, 0) is 4.79 Å². The van der Waals surface area contributed by atoms with Crippen molar-refractivity contribution in [3.8, 4) is 11.5 Å². The van der Waals surface area contributed by atoms with Crippen molar-refractivity contribution >= 4 is 46.2 Å². The molecule has 6 nitrogen and oxygen atoms in total. The van der Waals surface area contributed by atoms with Crippen molar-refractivity contribution in [1.29, 1.82) is 0 Å². The lowest BCUT2D eigenvalue weighted by Gasteiger charge is -2.12. The van der Waals surface area contributed by atoms with Crippen LogP contribution >= 0.6 is 23.4 Å². The maximum atomic E-state index is 12.8. The number of halogens is 1. The summed E-state index contributed by atoms with van der Waals surface area (Å²) in [5.74, 6) is 0.233. The first-order valence-electron chi connectivity index (χ1n) is 8.50. The summed E-state index contributed by atoms with van der Waals surface area (Å²) in [7, 11) is 0. The number of benzene rings is 1. The minimum atomic E-state index is -0.185. The number of thioether (sulfide) groups is 1. The van der Waals surface area contributed by atoms with Crippen LogP contribution in [0.2, 0.25) is 5.15 Å². The summed E-state index contributed by atoms with van der Waals surface area (Å²) in [6, 6.07) is 8.39. The lowest BCUT2D eigenvalue weighted by Crippen LogP contribution is -2.29. The highest BCUT2D eigenvalue weighted by atomic mass is 35.5. The zero-order valence-electron chi connectivity index (χ0n) is 15.1. The van der Waals surface area contributed by atoms with Gasteiger partial charge in [0, 0.05) is 12.7 Å². The normalized spacial score (nSPS) is 16.8. The molecule has 0 bridgehead atoms. The molecule has 144 valence electrons. The largest absolute Gasteiger partial charge is 0.504 e. The molecule has 0 saturated carbocycles. The minimum absolute atomic E-state index is 0.0520. The summed E-state index contributed by atoms with van der Waals surface area (Å²) in [6.45, 7) is 6.29. The molecule has 0 unspecified atom stereocenters. The van der Waals surface area contributed by atoms with Gasteiger partial charge in [0.15, 0.2) is 21.8 Å². The zero-order chi connectivity index (χ0) is 20.1. The highest BCUT2D eigenvalue weighted by Crippen LogP contribution is 2.36. The van der Waals surface area contributed by atoms with E-state index >= 15 is 0 Å². The van der Waals surface area contributed by atoms with Crippen LogP contribution in [0.5, 0.6) is 11.5 Å². The van der Waals surface area contributed by atoms with Crippen molar-refractivity contribution in [1.82, 2.24) is 9.88 Å². The molecule has 1 N–H and O–H groups in total. The average molecular weight is 416 g/mol. The summed E-state index contributed by atoms with van der Waals surface area (Å²) >= 11 is 7.33. The second kappa shape index (κ2) is 8.95. The van der Waals surface area contributed by atoms with Gasteiger partial charge in [0.2, 0.25) is 0 Å². The Bertz CT molecular complexity index is 975. The van der Waals surface area contributed by atoms with E-state index < -0.39 is 0 Å². The SMILES string of the molecule is C=CCN1C(=O)/C(=C/c2ccc(O)c(OCC)c2)SC1=Nc1cccnc1Cl. The lowest BCUT2D eigenvalue weighted by molar-refractivity contribution is -0.121. The fourth-order valence-electron chi connectivity index (χ4n) is 2.49. The van der Waals surface area contributed by atoms with Crippen LogP contribution in [0.25, 0.3) is 6.08 Å². The Morgan fingerprint density at radius 1 is 1.43 bits per heavy atom. The topological polar surface area (TPSA) is 75.0 Å². The standard InChI is InChI=1S/C20H18ClN3O3S/c1-3-10-24-19(26)17(12-13-7-8-15(25)16(11-13)27-4-2)28-20(24)23-14-6-5-9-22-18(14)21/h3,5-9,11-12,25H,1,4,10H2,2H3/b17-12-,23-20?. The Labute approximate surface area is 172 Å². The first-order chi connectivity index (χ1) is 13.5. The quantitative estimate of drug-likeness (QED) is 0.423. The van der Waals surface area contributed by atoms with Gasteiger partial charge in [0.25, 0.3) is 5.91 Å². The van der Waals surface area contributed by atoms with Crippen LogP contribution in [0.3, 0.4) is 0 Å². The molecule has 2 heterocycles. The maximum Gasteiger partial charge on any atom is 0.267 e. The number of amidine groups is 1. The summed E-state index contributed by atoms with van der Waals surface area (Å²) < 4.78 is 5.40. The van der Waals surface area contributed by atoms with Gasteiger partial charge in [-0.3, -0.25) is 9.69 Å². The molecule has 1 aliphatic heterocycles. The number of amides is 1. The number of pyridine rings is 1. The highest BCUT2D eigenvalue weighted by Gasteiger charge is 2.32. The van der Waals surface area contributed by atoms with Gasteiger partial charge in [0.05, 0.1) is 11.5 Å². The van der Waals surface area contributed by atoms with E-state index in [1.54, 1.807) is 42.6 Å². The minimum Gasteiger partial charge on any atom is -0.504 e. The summed E-state index contributed by atoms with van der Waals surface area (Å²) in [4.78, 5) is 23.4. The van der Waals surface area contributed by atoms with E-state index in [2.05, 4.69) is 16.6 Å². The first kappa shape index (κ1) is 20.0. The van der Waals surface area contributed by atoms with Gasteiger partial charge in [-0.1, -0.05) is 23.7 Å². The number of rotatable bonds is 6. The van der Waals surface area contributed by atoms with E-state index in [0.717, 1.165) is 5.56 Å². The Morgan fingerprint density at radius 3 is 2.96 bits per heavy atom. The van der Waals surface area contributed by atoms with Gasteiger partial charge >= 0.3 is 0 Å². The zero-order valence-corrected chi connectivity index (χ0v) is 16.7. The van der Waals surface area contributed by atoms with E-state index in [1.807, 2.05) is 6.92 Å². The molecule has 0 aliphatic carbocycles. The smallest absolute Gasteiger partial charge is 0.267 e. The number of nitrogens with zero attached hydrogens (tertiary/aromatic N) is 3. The number of phenols is 1. The molecule has 3 rings (SSSR count). The van der Waals surface area contributed by atoms with Crippen LogP contribution in [-0.4, -0.2) is 39.2 Å². The van der Waals surface area contributed by atoms with Crippen LogP contribution in [0, 0.1) is 0 Å². The number of hydrogen-bond donors (Lipinski definition) is 1. The molecule has 1 aromatic heterocycles. The number of hydrogen-bond acceptors (Lipinski definition) is 6. The number of carbonyl (C=O) groups excluding carboxylic acids is 1. The molecule has 1 saturated heterocycles. The van der Waals surface area contributed by atoms with Crippen LogP contribution in [0.4, 0.5) is 5.69 Å². The summed E-state index contributed by atoms with van der Waals surface area (Å²) in [6.07, 6.45) is 4.94. The van der Waals surface area contributed by atoms with Gasteiger partial charge in [-0.2, -0.15) is 0 Å². The van der Waals surface area contributed by atoms with E-state index in [0.29, 0.717) is 34.7 Å². The van der Waals surface area contributed by atoms with Gasteiger partial charge in [-0.05, 0) is 54.6 Å². The average Bonchev–Trinajstić information content (AvgIpc) is 2.96. The van der Waals surface area contributed by atoms with Crippen molar-refractivity contribution in [2.45, 2.75) is 6.92 Å². The predicted molar refractivity (Wildman–Crippen MR) is 113 cm³/mol. The molecule has 2 aromatic rings. The lowest BCUT2D eigenvalue weighted by atomic mass is 10.2. The van der Waals surface area contributed by atoms with E-state index in [1.165, 1.54) is 22.7 Å². The Balaban J connectivity index is 1.96. The second-order valence-corrected chi connectivity index (χ2v) is 7.05. The highest BCUT2D eigenvalue weighted by molar-refractivity contribution is 8.18.